The molecule has 0 saturated carbocycles. The van der Waals surface area contributed by atoms with Gasteiger partial charge in [0.05, 0.1) is 19.0 Å². The van der Waals surface area contributed by atoms with Crippen LogP contribution in [0, 0.1) is 12.8 Å². The first-order chi connectivity index (χ1) is 13.6. The van der Waals surface area contributed by atoms with Gasteiger partial charge < -0.3 is 5.32 Å². The molecule has 1 N–H and O–H groups in total. The van der Waals surface area contributed by atoms with Gasteiger partial charge in [-0.05, 0) is 18.6 Å². The minimum Gasteiger partial charge on any atom is -0.308 e. The Kier molecular flexibility index (Phi) is 5.97. The van der Waals surface area contributed by atoms with E-state index >= 15 is 0 Å². The standard InChI is InChI=1S/C19H19ClF3N5O/c1-12(9-28-13(2)8-16(25-28)19(21,22)23)18(29)24-17-15(20)11-27(26-17)10-14-6-4-3-5-7-14/h3-8,11-12H,9-10H2,1-2H3,(H,24,26,29). The van der Waals surface area contributed by atoms with E-state index in [0.29, 0.717) is 12.2 Å². The Labute approximate surface area is 170 Å². The second-order valence-electron chi connectivity index (χ2n) is 6.75. The van der Waals surface area contributed by atoms with Gasteiger partial charge in [-0.2, -0.15) is 23.4 Å². The van der Waals surface area contributed by atoms with Crippen molar-refractivity contribution in [3.05, 3.63) is 64.6 Å². The normalized spacial score (nSPS) is 12.8. The number of hydrogen-bond acceptors (Lipinski definition) is 3. The van der Waals surface area contributed by atoms with Crippen molar-refractivity contribution in [1.29, 1.82) is 0 Å². The predicted molar refractivity (Wildman–Crippen MR) is 103 cm³/mol. The highest BCUT2D eigenvalue weighted by atomic mass is 35.5. The quantitative estimate of drug-likeness (QED) is 0.637. The molecule has 10 heteroatoms. The zero-order chi connectivity index (χ0) is 21.2. The van der Waals surface area contributed by atoms with Gasteiger partial charge in [0.1, 0.15) is 5.02 Å². The number of anilines is 1. The predicted octanol–water partition coefficient (Wildman–Crippen LogP) is 4.38. The van der Waals surface area contributed by atoms with E-state index < -0.39 is 23.7 Å². The van der Waals surface area contributed by atoms with Crippen molar-refractivity contribution < 1.29 is 18.0 Å². The lowest BCUT2D eigenvalue weighted by Gasteiger charge is -2.12. The van der Waals surface area contributed by atoms with E-state index in [2.05, 4.69) is 15.5 Å². The van der Waals surface area contributed by atoms with Gasteiger partial charge >= 0.3 is 6.18 Å². The highest BCUT2D eigenvalue weighted by Crippen LogP contribution is 2.28. The van der Waals surface area contributed by atoms with Crippen LogP contribution in [0.2, 0.25) is 5.02 Å². The van der Waals surface area contributed by atoms with Crippen molar-refractivity contribution in [2.75, 3.05) is 5.32 Å². The Bertz CT molecular complexity index is 997. The molecule has 0 fully saturated rings. The summed E-state index contributed by atoms with van der Waals surface area (Å²) in [6.45, 7) is 3.59. The summed E-state index contributed by atoms with van der Waals surface area (Å²) < 4.78 is 41.1. The van der Waals surface area contributed by atoms with Crippen LogP contribution in [-0.4, -0.2) is 25.5 Å². The minimum absolute atomic E-state index is 0.00388. The first kappa shape index (κ1) is 20.9. The van der Waals surface area contributed by atoms with Crippen molar-refractivity contribution in [2.24, 2.45) is 5.92 Å². The summed E-state index contributed by atoms with van der Waals surface area (Å²) in [6.07, 6.45) is -2.93. The molecular weight excluding hydrogens is 407 g/mol. The van der Waals surface area contributed by atoms with Crippen LogP contribution in [0.1, 0.15) is 23.9 Å². The Balaban J connectivity index is 1.65. The molecule has 6 nitrogen and oxygen atoms in total. The number of halogens is 4. The van der Waals surface area contributed by atoms with Crippen molar-refractivity contribution in [1.82, 2.24) is 19.6 Å². The average molecular weight is 426 g/mol. The monoisotopic (exact) mass is 425 g/mol. The fraction of sp³-hybridized carbons (Fsp3) is 0.316. The van der Waals surface area contributed by atoms with Crippen LogP contribution in [0.5, 0.6) is 0 Å². The number of nitrogens with zero attached hydrogens (tertiary/aromatic N) is 4. The maximum atomic E-state index is 12.8. The molecule has 154 valence electrons. The average Bonchev–Trinajstić information content (AvgIpc) is 3.18. The highest BCUT2D eigenvalue weighted by molar-refractivity contribution is 6.33. The summed E-state index contributed by atoms with van der Waals surface area (Å²) in [5.74, 6) is -0.863. The van der Waals surface area contributed by atoms with E-state index in [1.54, 1.807) is 17.8 Å². The zero-order valence-corrected chi connectivity index (χ0v) is 16.5. The number of alkyl halides is 3. The van der Waals surface area contributed by atoms with Gasteiger partial charge in [-0.25, -0.2) is 0 Å². The number of aromatic nitrogens is 4. The first-order valence-corrected chi connectivity index (χ1v) is 9.20. The van der Waals surface area contributed by atoms with Gasteiger partial charge in [-0.15, -0.1) is 0 Å². The molecule has 2 aromatic heterocycles. The maximum absolute atomic E-state index is 12.8. The third kappa shape index (κ3) is 5.17. The molecule has 1 atom stereocenters. The maximum Gasteiger partial charge on any atom is 0.435 e. The van der Waals surface area contributed by atoms with Gasteiger partial charge in [0.15, 0.2) is 11.5 Å². The summed E-state index contributed by atoms with van der Waals surface area (Å²) in [5, 5.41) is 10.7. The molecule has 1 aromatic carbocycles. The number of aryl methyl sites for hydroxylation is 1. The summed E-state index contributed by atoms with van der Waals surface area (Å²) in [7, 11) is 0. The fourth-order valence-corrected chi connectivity index (χ4v) is 2.95. The Morgan fingerprint density at radius 3 is 2.55 bits per heavy atom. The number of nitrogens with one attached hydrogen (secondary N) is 1. The van der Waals surface area contributed by atoms with Crippen LogP contribution in [-0.2, 0) is 24.1 Å². The van der Waals surface area contributed by atoms with Crippen molar-refractivity contribution in [3.8, 4) is 0 Å². The van der Waals surface area contributed by atoms with Crippen molar-refractivity contribution in [2.45, 2.75) is 33.1 Å². The Morgan fingerprint density at radius 2 is 1.93 bits per heavy atom. The second-order valence-corrected chi connectivity index (χ2v) is 7.16. The third-order valence-corrected chi connectivity index (χ3v) is 4.59. The van der Waals surface area contributed by atoms with E-state index in [9.17, 15) is 18.0 Å². The van der Waals surface area contributed by atoms with E-state index in [1.807, 2.05) is 30.3 Å². The van der Waals surface area contributed by atoms with Crippen LogP contribution in [0.3, 0.4) is 0 Å². The molecule has 0 bridgehead atoms. The lowest BCUT2D eigenvalue weighted by atomic mass is 10.1. The number of hydrogen-bond donors (Lipinski definition) is 1. The van der Waals surface area contributed by atoms with Gasteiger partial charge in [-0.1, -0.05) is 48.9 Å². The molecule has 3 rings (SSSR count). The molecule has 2 heterocycles. The molecule has 0 aliphatic carbocycles. The van der Waals surface area contributed by atoms with E-state index in [-0.39, 0.29) is 17.4 Å². The summed E-state index contributed by atoms with van der Waals surface area (Å²) in [5.41, 5.74) is 0.361. The van der Waals surface area contributed by atoms with Crippen molar-refractivity contribution >= 4 is 23.3 Å². The topological polar surface area (TPSA) is 64.7 Å². The first-order valence-electron chi connectivity index (χ1n) is 8.83. The molecule has 0 spiro atoms. The molecule has 1 amide bonds. The molecular formula is C19H19ClF3N5O. The minimum atomic E-state index is -4.53. The molecule has 3 aromatic rings. The van der Waals surface area contributed by atoms with E-state index in [0.717, 1.165) is 11.6 Å². The summed E-state index contributed by atoms with van der Waals surface area (Å²) >= 11 is 6.16. The molecule has 0 saturated heterocycles. The molecule has 1 unspecified atom stereocenters. The SMILES string of the molecule is Cc1cc(C(F)(F)F)nn1CC(C)C(=O)Nc1nn(Cc2ccccc2)cc1Cl. The summed E-state index contributed by atoms with van der Waals surface area (Å²) in [4.78, 5) is 12.5. The van der Waals surface area contributed by atoms with Gasteiger partial charge in [-0.3, -0.25) is 14.2 Å². The fourth-order valence-electron chi connectivity index (χ4n) is 2.75. The Hall–Kier alpha value is -2.81. The van der Waals surface area contributed by atoms with Crippen molar-refractivity contribution in [3.63, 3.8) is 0 Å². The van der Waals surface area contributed by atoms with Gasteiger partial charge in [0.25, 0.3) is 0 Å². The van der Waals surface area contributed by atoms with Crippen LogP contribution < -0.4 is 5.32 Å². The van der Waals surface area contributed by atoms with Gasteiger partial charge in [0, 0.05) is 11.9 Å². The highest BCUT2D eigenvalue weighted by Gasteiger charge is 2.34. The van der Waals surface area contributed by atoms with Gasteiger partial charge in [0.2, 0.25) is 5.91 Å². The van der Waals surface area contributed by atoms with E-state index in [4.69, 9.17) is 11.6 Å². The third-order valence-electron chi connectivity index (χ3n) is 4.31. The lowest BCUT2D eigenvalue weighted by molar-refractivity contribution is -0.141. The van der Waals surface area contributed by atoms with Crippen LogP contribution >= 0.6 is 11.6 Å². The molecule has 0 aliphatic rings. The number of amides is 1. The Morgan fingerprint density at radius 1 is 1.24 bits per heavy atom. The lowest BCUT2D eigenvalue weighted by Crippen LogP contribution is -2.26. The number of carbonyl (C=O) groups excluding carboxylic acids is 1. The smallest absolute Gasteiger partial charge is 0.308 e. The number of benzene rings is 1. The van der Waals surface area contributed by atoms with Crippen LogP contribution in [0.15, 0.2) is 42.6 Å². The number of carbonyl (C=O) groups is 1. The van der Waals surface area contributed by atoms with E-state index in [1.165, 1.54) is 11.6 Å². The van der Waals surface area contributed by atoms with Crippen LogP contribution in [0.25, 0.3) is 0 Å². The number of rotatable bonds is 6. The zero-order valence-electron chi connectivity index (χ0n) is 15.7. The second kappa shape index (κ2) is 8.28. The molecule has 29 heavy (non-hydrogen) atoms. The molecule has 0 radical (unpaired) electrons. The summed E-state index contributed by atoms with van der Waals surface area (Å²) in [6, 6.07) is 10.6. The van der Waals surface area contributed by atoms with Crippen LogP contribution in [0.4, 0.5) is 19.0 Å². The largest absolute Gasteiger partial charge is 0.435 e. The molecule has 0 aliphatic heterocycles.